The van der Waals surface area contributed by atoms with Crippen molar-refractivity contribution in [3.05, 3.63) is 46.4 Å². The Morgan fingerprint density at radius 2 is 1.61 bits per heavy atom. The molecular formula is C24H35N5O3S. The molecule has 2 aromatic rings. The fraction of sp³-hybridized carbons (Fsp3) is 0.542. The summed E-state index contributed by atoms with van der Waals surface area (Å²) in [5, 5.41) is 0. The molecule has 9 heteroatoms. The molecule has 1 aromatic carbocycles. The van der Waals surface area contributed by atoms with Gasteiger partial charge in [0, 0.05) is 56.8 Å². The summed E-state index contributed by atoms with van der Waals surface area (Å²) >= 11 is 0. The number of carbonyl (C=O) groups excluding carboxylic acids is 1. The molecule has 8 nitrogen and oxygen atoms in total. The van der Waals surface area contributed by atoms with Crippen molar-refractivity contribution in [2.45, 2.75) is 58.8 Å². The summed E-state index contributed by atoms with van der Waals surface area (Å²) in [5.74, 6) is 1.93. The minimum absolute atomic E-state index is 0.0450. The first-order valence-corrected chi connectivity index (χ1v) is 12.9. The van der Waals surface area contributed by atoms with Crippen LogP contribution in [0.5, 0.6) is 0 Å². The van der Waals surface area contributed by atoms with Gasteiger partial charge in [-0.2, -0.15) is 0 Å². The standard InChI is InChI=1S/C24H35N5O3S/c1-16(2)24-26-20(6)15-21(27-24)28-9-11-29(12-10-28)22(30)7-8-25-33(31,32)23-18(4)13-17(3)14-19(23)5/h13-16,25H,7-12H2,1-6H3. The van der Waals surface area contributed by atoms with E-state index in [1.54, 1.807) is 18.7 Å². The predicted molar refractivity (Wildman–Crippen MR) is 130 cm³/mol. The highest BCUT2D eigenvalue weighted by Crippen LogP contribution is 2.22. The minimum atomic E-state index is -3.67. The number of hydrogen-bond donors (Lipinski definition) is 1. The Hall–Kier alpha value is -2.52. The van der Waals surface area contributed by atoms with E-state index in [4.69, 9.17) is 0 Å². The van der Waals surface area contributed by atoms with Crippen molar-refractivity contribution in [1.29, 1.82) is 0 Å². The minimum Gasteiger partial charge on any atom is -0.353 e. The summed E-state index contributed by atoms with van der Waals surface area (Å²) in [7, 11) is -3.67. The number of nitrogens with one attached hydrogen (secondary N) is 1. The molecule has 0 aliphatic carbocycles. The molecule has 1 aliphatic rings. The number of nitrogens with zero attached hydrogens (tertiary/aromatic N) is 4. The van der Waals surface area contributed by atoms with Crippen LogP contribution in [0.25, 0.3) is 0 Å². The maximum absolute atomic E-state index is 12.8. The van der Waals surface area contributed by atoms with Crippen molar-refractivity contribution in [1.82, 2.24) is 19.6 Å². The van der Waals surface area contributed by atoms with Crippen molar-refractivity contribution in [3.8, 4) is 0 Å². The van der Waals surface area contributed by atoms with E-state index in [0.29, 0.717) is 42.2 Å². The molecule has 3 rings (SSSR count). The average Bonchev–Trinajstić information content (AvgIpc) is 2.72. The van der Waals surface area contributed by atoms with Crippen LogP contribution in [0.3, 0.4) is 0 Å². The van der Waals surface area contributed by atoms with Gasteiger partial charge in [0.2, 0.25) is 15.9 Å². The van der Waals surface area contributed by atoms with Crippen LogP contribution in [0.2, 0.25) is 0 Å². The van der Waals surface area contributed by atoms with Crippen LogP contribution in [0.1, 0.15) is 54.4 Å². The molecule has 1 fully saturated rings. The Balaban J connectivity index is 1.54. The van der Waals surface area contributed by atoms with Crippen LogP contribution in [0, 0.1) is 27.7 Å². The number of amides is 1. The summed E-state index contributed by atoms with van der Waals surface area (Å²) in [6.45, 7) is 14.3. The van der Waals surface area contributed by atoms with Crippen molar-refractivity contribution < 1.29 is 13.2 Å². The van der Waals surface area contributed by atoms with Gasteiger partial charge in [0.05, 0.1) is 4.90 Å². The number of hydrogen-bond acceptors (Lipinski definition) is 6. The van der Waals surface area contributed by atoms with Crippen LogP contribution in [0.15, 0.2) is 23.1 Å². The van der Waals surface area contributed by atoms with E-state index >= 15 is 0 Å². The Morgan fingerprint density at radius 1 is 1.00 bits per heavy atom. The third-order valence-corrected chi connectivity index (χ3v) is 7.60. The fourth-order valence-electron chi connectivity index (χ4n) is 4.29. The van der Waals surface area contributed by atoms with E-state index < -0.39 is 10.0 Å². The molecule has 0 unspecified atom stereocenters. The number of piperazine rings is 1. The normalized spacial score (nSPS) is 14.8. The zero-order valence-electron chi connectivity index (χ0n) is 20.5. The molecule has 0 atom stereocenters. The second kappa shape index (κ2) is 10.2. The van der Waals surface area contributed by atoms with Crippen LogP contribution >= 0.6 is 0 Å². The largest absolute Gasteiger partial charge is 0.353 e. The first-order chi connectivity index (χ1) is 15.5. The molecule has 0 saturated carbocycles. The summed E-state index contributed by atoms with van der Waals surface area (Å²) in [6.07, 6.45) is 0.132. The van der Waals surface area contributed by atoms with E-state index in [-0.39, 0.29) is 24.8 Å². The van der Waals surface area contributed by atoms with Gasteiger partial charge in [-0.25, -0.2) is 23.1 Å². The number of carbonyl (C=O) groups is 1. The van der Waals surface area contributed by atoms with Crippen molar-refractivity contribution in [3.63, 3.8) is 0 Å². The molecule has 1 saturated heterocycles. The molecule has 1 amide bonds. The van der Waals surface area contributed by atoms with E-state index in [9.17, 15) is 13.2 Å². The number of aryl methyl sites for hydroxylation is 4. The van der Waals surface area contributed by atoms with Crippen molar-refractivity contribution >= 4 is 21.7 Å². The fourth-order valence-corrected chi connectivity index (χ4v) is 5.77. The summed E-state index contributed by atoms with van der Waals surface area (Å²) in [6, 6.07) is 5.69. The van der Waals surface area contributed by atoms with Crippen LogP contribution < -0.4 is 9.62 Å². The lowest BCUT2D eigenvalue weighted by molar-refractivity contribution is -0.131. The third kappa shape index (κ3) is 6.09. The molecule has 0 spiro atoms. The number of anilines is 1. The van der Waals surface area contributed by atoms with Gasteiger partial charge in [0.1, 0.15) is 11.6 Å². The van der Waals surface area contributed by atoms with Gasteiger partial charge in [0.25, 0.3) is 0 Å². The van der Waals surface area contributed by atoms with Crippen LogP contribution in [-0.4, -0.2) is 61.9 Å². The topological polar surface area (TPSA) is 95.5 Å². The number of benzene rings is 1. The zero-order chi connectivity index (χ0) is 24.3. The smallest absolute Gasteiger partial charge is 0.241 e. The number of aromatic nitrogens is 2. The molecule has 1 aliphatic heterocycles. The monoisotopic (exact) mass is 473 g/mol. The van der Waals surface area contributed by atoms with E-state index in [0.717, 1.165) is 22.9 Å². The highest BCUT2D eigenvalue weighted by Gasteiger charge is 2.24. The zero-order valence-corrected chi connectivity index (χ0v) is 21.3. The Labute approximate surface area is 197 Å². The Kier molecular flexibility index (Phi) is 7.74. The van der Waals surface area contributed by atoms with Crippen molar-refractivity contribution in [2.75, 3.05) is 37.6 Å². The van der Waals surface area contributed by atoms with Crippen molar-refractivity contribution in [2.24, 2.45) is 0 Å². The molecule has 180 valence electrons. The first-order valence-electron chi connectivity index (χ1n) is 11.4. The quantitative estimate of drug-likeness (QED) is 0.664. The SMILES string of the molecule is Cc1cc(C)c(S(=O)(=O)NCCC(=O)N2CCN(c3cc(C)nc(C(C)C)n3)CC2)c(C)c1. The highest BCUT2D eigenvalue weighted by molar-refractivity contribution is 7.89. The molecule has 1 aromatic heterocycles. The Bertz CT molecular complexity index is 1100. The summed E-state index contributed by atoms with van der Waals surface area (Å²) < 4.78 is 28.2. The van der Waals surface area contributed by atoms with Crippen LogP contribution in [-0.2, 0) is 14.8 Å². The number of rotatable bonds is 7. The average molecular weight is 474 g/mol. The molecule has 1 N–H and O–H groups in total. The molecule has 2 heterocycles. The summed E-state index contributed by atoms with van der Waals surface area (Å²) in [4.78, 5) is 26.2. The molecular weight excluding hydrogens is 438 g/mol. The van der Waals surface area contributed by atoms with Gasteiger partial charge in [-0.3, -0.25) is 4.79 Å². The Morgan fingerprint density at radius 3 is 2.18 bits per heavy atom. The lowest BCUT2D eigenvalue weighted by Gasteiger charge is -2.35. The second-order valence-electron chi connectivity index (χ2n) is 9.12. The van der Waals surface area contributed by atoms with Gasteiger partial charge in [0.15, 0.2) is 0 Å². The molecule has 33 heavy (non-hydrogen) atoms. The lowest BCUT2D eigenvalue weighted by atomic mass is 10.1. The summed E-state index contributed by atoms with van der Waals surface area (Å²) in [5.41, 5.74) is 3.38. The predicted octanol–water partition coefficient (Wildman–Crippen LogP) is 2.85. The van der Waals surface area contributed by atoms with Gasteiger partial charge in [-0.1, -0.05) is 31.5 Å². The molecule has 0 bridgehead atoms. The van der Waals surface area contributed by atoms with Gasteiger partial charge in [-0.15, -0.1) is 0 Å². The maximum Gasteiger partial charge on any atom is 0.241 e. The first kappa shape index (κ1) is 25.1. The van der Waals surface area contributed by atoms with Gasteiger partial charge < -0.3 is 9.80 Å². The van der Waals surface area contributed by atoms with Gasteiger partial charge in [-0.05, 0) is 38.8 Å². The third-order valence-electron chi connectivity index (χ3n) is 5.84. The highest BCUT2D eigenvalue weighted by atomic mass is 32.2. The second-order valence-corrected chi connectivity index (χ2v) is 10.8. The van der Waals surface area contributed by atoms with Crippen LogP contribution in [0.4, 0.5) is 5.82 Å². The van der Waals surface area contributed by atoms with E-state index in [1.165, 1.54) is 0 Å². The van der Waals surface area contributed by atoms with E-state index in [1.807, 2.05) is 32.0 Å². The lowest BCUT2D eigenvalue weighted by Crippen LogP contribution is -2.49. The molecule has 0 radical (unpaired) electrons. The number of sulfonamides is 1. The maximum atomic E-state index is 12.8. The van der Waals surface area contributed by atoms with Gasteiger partial charge >= 0.3 is 0 Å². The van der Waals surface area contributed by atoms with E-state index in [2.05, 4.69) is 33.4 Å².